The summed E-state index contributed by atoms with van der Waals surface area (Å²) >= 11 is 0. The minimum absolute atomic E-state index is 0.105. The van der Waals surface area contributed by atoms with Crippen molar-refractivity contribution in [1.82, 2.24) is 15.5 Å². The molecule has 0 radical (unpaired) electrons. The molecule has 0 spiro atoms. The first kappa shape index (κ1) is 27.4. The standard InChI is InChI=1S/C26H35N3O7/c1-15(2)27-13-19(30)14-36-22-8-4-6-17-12-18(9-10-20(17)22)23(26(34)35)28-16(3)24(31)29-11-5-7-21(29)25(32)33/h4,6,8-10,12,15-16,19,21,23,27-28,30H,5,7,11,13-14H2,1-3H3,(H,32,33)(H,34,35)/t16-,19?,21-,23?/m0/s1. The number of nitrogens with one attached hydrogen (secondary N) is 2. The summed E-state index contributed by atoms with van der Waals surface area (Å²) in [5.41, 5.74) is 0.448. The molecule has 10 nitrogen and oxygen atoms in total. The van der Waals surface area contributed by atoms with E-state index < -0.39 is 42.1 Å². The fourth-order valence-electron chi connectivity index (χ4n) is 4.36. The van der Waals surface area contributed by atoms with Gasteiger partial charge in [0.05, 0.1) is 6.04 Å². The second-order valence-corrected chi connectivity index (χ2v) is 9.45. The second kappa shape index (κ2) is 12.2. The number of hydrogen-bond acceptors (Lipinski definition) is 7. The maximum absolute atomic E-state index is 12.9. The van der Waals surface area contributed by atoms with Gasteiger partial charge in [0.1, 0.15) is 30.5 Å². The number of carbonyl (C=O) groups is 3. The molecule has 0 aromatic heterocycles. The molecule has 196 valence electrons. The Bertz CT molecular complexity index is 1090. The minimum Gasteiger partial charge on any atom is -0.490 e. The number of fused-ring (bicyclic) bond motifs is 1. The average Bonchev–Trinajstić information content (AvgIpc) is 3.34. The molecule has 1 aliphatic rings. The van der Waals surface area contributed by atoms with Crippen LogP contribution in [0.2, 0.25) is 0 Å². The van der Waals surface area contributed by atoms with Crippen molar-refractivity contribution in [3.63, 3.8) is 0 Å². The highest BCUT2D eigenvalue weighted by molar-refractivity contribution is 5.91. The van der Waals surface area contributed by atoms with E-state index in [0.29, 0.717) is 37.2 Å². The van der Waals surface area contributed by atoms with Crippen molar-refractivity contribution < 1.29 is 34.4 Å². The van der Waals surface area contributed by atoms with E-state index in [1.54, 1.807) is 37.3 Å². The molecule has 10 heteroatoms. The number of likely N-dealkylation sites (tertiary alicyclic amines) is 1. The molecule has 0 aliphatic carbocycles. The number of benzene rings is 2. The van der Waals surface area contributed by atoms with E-state index in [2.05, 4.69) is 10.6 Å². The van der Waals surface area contributed by atoms with Crippen molar-refractivity contribution in [2.24, 2.45) is 0 Å². The molecule has 1 heterocycles. The lowest BCUT2D eigenvalue weighted by molar-refractivity contribution is -0.149. The number of rotatable bonds is 12. The highest BCUT2D eigenvalue weighted by atomic mass is 16.5. The number of ether oxygens (including phenoxy) is 1. The number of aliphatic hydroxyl groups excluding tert-OH is 1. The molecule has 2 aromatic rings. The van der Waals surface area contributed by atoms with Gasteiger partial charge in [-0.1, -0.05) is 38.1 Å². The molecule has 0 bridgehead atoms. The maximum atomic E-state index is 12.9. The largest absolute Gasteiger partial charge is 0.490 e. The Labute approximate surface area is 210 Å². The molecule has 5 N–H and O–H groups in total. The smallest absolute Gasteiger partial charge is 0.326 e. The van der Waals surface area contributed by atoms with Gasteiger partial charge in [-0.2, -0.15) is 0 Å². The van der Waals surface area contributed by atoms with Crippen molar-refractivity contribution >= 4 is 28.6 Å². The third kappa shape index (κ3) is 6.71. The van der Waals surface area contributed by atoms with Crippen LogP contribution in [0.15, 0.2) is 36.4 Å². The number of carboxylic acid groups (broad SMARTS) is 2. The Hall–Kier alpha value is -3.21. The maximum Gasteiger partial charge on any atom is 0.326 e. The first-order chi connectivity index (χ1) is 17.1. The zero-order chi connectivity index (χ0) is 26.4. The van der Waals surface area contributed by atoms with Crippen molar-refractivity contribution in [3.8, 4) is 5.75 Å². The van der Waals surface area contributed by atoms with Crippen LogP contribution >= 0.6 is 0 Å². The van der Waals surface area contributed by atoms with Gasteiger partial charge in [-0.15, -0.1) is 0 Å². The van der Waals surface area contributed by atoms with Gasteiger partial charge in [-0.25, -0.2) is 4.79 Å². The summed E-state index contributed by atoms with van der Waals surface area (Å²) in [6, 6.07) is 7.83. The van der Waals surface area contributed by atoms with E-state index in [4.69, 9.17) is 4.74 Å². The summed E-state index contributed by atoms with van der Waals surface area (Å²) in [7, 11) is 0. The second-order valence-electron chi connectivity index (χ2n) is 9.45. The zero-order valence-electron chi connectivity index (χ0n) is 20.8. The molecule has 1 saturated heterocycles. The summed E-state index contributed by atoms with van der Waals surface area (Å²) in [4.78, 5) is 37.7. The van der Waals surface area contributed by atoms with Crippen molar-refractivity contribution in [2.75, 3.05) is 19.7 Å². The lowest BCUT2D eigenvalue weighted by Crippen LogP contribution is -2.50. The highest BCUT2D eigenvalue weighted by Crippen LogP contribution is 2.29. The quantitative estimate of drug-likeness (QED) is 0.293. The number of nitrogens with zero attached hydrogens (tertiary/aromatic N) is 1. The van der Waals surface area contributed by atoms with E-state index >= 15 is 0 Å². The van der Waals surface area contributed by atoms with Crippen LogP contribution in [0.3, 0.4) is 0 Å². The van der Waals surface area contributed by atoms with Crippen LogP contribution in [0.4, 0.5) is 0 Å². The van der Waals surface area contributed by atoms with Gasteiger partial charge in [-0.3, -0.25) is 14.9 Å². The molecule has 1 fully saturated rings. The number of hydrogen-bond donors (Lipinski definition) is 5. The van der Waals surface area contributed by atoms with Crippen molar-refractivity contribution in [1.29, 1.82) is 0 Å². The summed E-state index contributed by atoms with van der Waals surface area (Å²) in [5.74, 6) is -2.08. The molecule has 0 saturated carbocycles. The van der Waals surface area contributed by atoms with Crippen LogP contribution in [0.25, 0.3) is 10.8 Å². The molecule has 1 amide bonds. The lowest BCUT2D eigenvalue weighted by atomic mass is 10.0. The molecule has 36 heavy (non-hydrogen) atoms. The zero-order valence-corrected chi connectivity index (χ0v) is 20.8. The van der Waals surface area contributed by atoms with Crippen LogP contribution in [0, 0.1) is 0 Å². The molecule has 4 atom stereocenters. The topological polar surface area (TPSA) is 148 Å². The Morgan fingerprint density at radius 3 is 2.56 bits per heavy atom. The summed E-state index contributed by atoms with van der Waals surface area (Å²) < 4.78 is 5.82. The lowest BCUT2D eigenvalue weighted by Gasteiger charge is -2.27. The van der Waals surface area contributed by atoms with Crippen LogP contribution in [0.5, 0.6) is 5.75 Å². The normalized spacial score (nSPS) is 18.2. The molecular weight excluding hydrogens is 466 g/mol. The monoisotopic (exact) mass is 501 g/mol. The van der Waals surface area contributed by atoms with Gasteiger partial charge in [-0.05, 0) is 42.8 Å². The fourth-order valence-corrected chi connectivity index (χ4v) is 4.36. The highest BCUT2D eigenvalue weighted by Gasteiger charge is 2.37. The fraction of sp³-hybridized carbons (Fsp3) is 0.500. The van der Waals surface area contributed by atoms with Gasteiger partial charge < -0.3 is 30.3 Å². The Morgan fingerprint density at radius 1 is 1.14 bits per heavy atom. The molecule has 2 unspecified atom stereocenters. The van der Waals surface area contributed by atoms with Gasteiger partial charge >= 0.3 is 11.9 Å². The molecule has 2 aromatic carbocycles. The first-order valence-electron chi connectivity index (χ1n) is 12.2. The van der Waals surface area contributed by atoms with Gasteiger partial charge in [0.2, 0.25) is 5.91 Å². The van der Waals surface area contributed by atoms with Crippen molar-refractivity contribution in [3.05, 3.63) is 42.0 Å². The van der Waals surface area contributed by atoms with Crippen LogP contribution < -0.4 is 15.4 Å². The van der Waals surface area contributed by atoms with Crippen LogP contribution in [-0.2, 0) is 14.4 Å². The van der Waals surface area contributed by atoms with Crippen molar-refractivity contribution in [2.45, 2.75) is 63.9 Å². The van der Waals surface area contributed by atoms with Gasteiger partial charge in [0.25, 0.3) is 0 Å². The van der Waals surface area contributed by atoms with Crippen LogP contribution in [0.1, 0.15) is 45.2 Å². The SMILES string of the molecule is CC(C)NCC(O)COc1cccc2cc(C(N[C@@H](C)C(=O)N3CCC[C@H]3C(=O)O)C(=O)O)ccc12. The minimum atomic E-state index is -1.17. The third-order valence-corrected chi connectivity index (χ3v) is 6.25. The number of amides is 1. The number of aliphatic hydroxyl groups is 1. The van der Waals surface area contributed by atoms with E-state index in [9.17, 15) is 29.7 Å². The molecule has 1 aliphatic heterocycles. The summed E-state index contributed by atoms with van der Waals surface area (Å²) in [6.07, 6.45) is 0.298. The van der Waals surface area contributed by atoms with E-state index in [1.807, 2.05) is 19.9 Å². The first-order valence-corrected chi connectivity index (χ1v) is 12.2. The number of aliphatic carboxylic acids is 2. The summed E-state index contributed by atoms with van der Waals surface area (Å²) in [6.45, 7) is 6.37. The number of carbonyl (C=O) groups excluding carboxylic acids is 1. The molecular formula is C26H35N3O7. The van der Waals surface area contributed by atoms with Crippen LogP contribution in [-0.4, -0.2) is 82.0 Å². The van der Waals surface area contributed by atoms with E-state index in [0.717, 1.165) is 10.8 Å². The number of carboxylic acids is 2. The Morgan fingerprint density at radius 2 is 1.89 bits per heavy atom. The summed E-state index contributed by atoms with van der Waals surface area (Å²) in [5, 5.41) is 36.9. The van der Waals surface area contributed by atoms with Gasteiger partial charge in [0.15, 0.2) is 0 Å². The predicted octanol–water partition coefficient (Wildman–Crippen LogP) is 1.76. The van der Waals surface area contributed by atoms with E-state index in [1.165, 1.54) is 4.90 Å². The average molecular weight is 502 g/mol. The van der Waals surface area contributed by atoms with E-state index in [-0.39, 0.29) is 12.6 Å². The van der Waals surface area contributed by atoms with Gasteiger partial charge in [0, 0.05) is 24.5 Å². The predicted molar refractivity (Wildman–Crippen MR) is 134 cm³/mol. The Balaban J connectivity index is 1.74. The third-order valence-electron chi connectivity index (χ3n) is 6.25. The molecule has 3 rings (SSSR count). The Kier molecular flexibility index (Phi) is 9.25.